The standard InChI is InChI=1S/C21H29N5OS.HI/c1-4-22-21(23-12-11-19-15(2)25-16(3)28-19)24-14-17-7-9-18(10-8-17)26-13-5-6-20(26)27;/h7-10H,4-6,11-14H2,1-3H3,(H2,22,23,24);1H. The summed E-state index contributed by atoms with van der Waals surface area (Å²) >= 11 is 1.76. The van der Waals surface area contributed by atoms with Crippen molar-refractivity contribution in [2.75, 3.05) is 24.5 Å². The number of nitrogens with one attached hydrogen (secondary N) is 2. The quantitative estimate of drug-likeness (QED) is 0.327. The molecule has 2 heterocycles. The van der Waals surface area contributed by atoms with Crippen molar-refractivity contribution in [3.05, 3.63) is 45.4 Å². The second kappa shape index (κ2) is 11.5. The number of amides is 1. The number of halogens is 1. The molecule has 158 valence electrons. The van der Waals surface area contributed by atoms with E-state index in [0.29, 0.717) is 13.0 Å². The number of hydrogen-bond acceptors (Lipinski definition) is 4. The van der Waals surface area contributed by atoms with E-state index in [1.807, 2.05) is 24.0 Å². The van der Waals surface area contributed by atoms with Gasteiger partial charge < -0.3 is 15.5 Å². The Morgan fingerprint density at radius 1 is 1.24 bits per heavy atom. The second-order valence-electron chi connectivity index (χ2n) is 6.93. The molecule has 0 unspecified atom stereocenters. The first-order valence-corrected chi connectivity index (χ1v) is 10.7. The number of hydrogen-bond donors (Lipinski definition) is 2. The number of nitrogens with zero attached hydrogens (tertiary/aromatic N) is 3. The van der Waals surface area contributed by atoms with Crippen LogP contribution < -0.4 is 15.5 Å². The van der Waals surface area contributed by atoms with E-state index in [1.165, 1.54) is 4.88 Å². The van der Waals surface area contributed by atoms with Crippen molar-refractivity contribution in [3.63, 3.8) is 0 Å². The van der Waals surface area contributed by atoms with E-state index < -0.39 is 0 Å². The lowest BCUT2D eigenvalue weighted by atomic mass is 10.2. The fourth-order valence-corrected chi connectivity index (χ4v) is 4.25. The monoisotopic (exact) mass is 527 g/mol. The molecule has 0 atom stereocenters. The fourth-order valence-electron chi connectivity index (χ4n) is 3.31. The number of aryl methyl sites for hydroxylation is 2. The molecule has 1 aromatic heterocycles. The molecule has 0 radical (unpaired) electrons. The SMILES string of the molecule is CCNC(=NCc1ccc(N2CCCC2=O)cc1)NCCc1sc(C)nc1C.I. The molecule has 2 aromatic rings. The van der Waals surface area contributed by atoms with E-state index in [9.17, 15) is 4.79 Å². The molecule has 3 rings (SSSR count). The zero-order valence-electron chi connectivity index (χ0n) is 17.3. The van der Waals surface area contributed by atoms with Gasteiger partial charge in [-0.2, -0.15) is 0 Å². The summed E-state index contributed by atoms with van der Waals surface area (Å²) in [6, 6.07) is 8.14. The number of rotatable bonds is 7. The number of benzene rings is 1. The third-order valence-corrected chi connectivity index (χ3v) is 5.86. The van der Waals surface area contributed by atoms with Gasteiger partial charge in [-0.1, -0.05) is 12.1 Å². The van der Waals surface area contributed by atoms with E-state index in [2.05, 4.69) is 46.6 Å². The first-order chi connectivity index (χ1) is 13.6. The highest BCUT2D eigenvalue weighted by atomic mass is 127. The molecule has 1 aliphatic heterocycles. The van der Waals surface area contributed by atoms with Crippen LogP contribution in [0.1, 0.15) is 40.9 Å². The number of thiazole rings is 1. The van der Waals surface area contributed by atoms with Crippen LogP contribution in [-0.4, -0.2) is 36.5 Å². The molecular weight excluding hydrogens is 497 g/mol. The average Bonchev–Trinajstić information content (AvgIpc) is 3.25. The van der Waals surface area contributed by atoms with Crippen molar-refractivity contribution in [1.29, 1.82) is 0 Å². The van der Waals surface area contributed by atoms with Crippen LogP contribution in [0.25, 0.3) is 0 Å². The summed E-state index contributed by atoms with van der Waals surface area (Å²) in [5, 5.41) is 7.82. The van der Waals surface area contributed by atoms with Gasteiger partial charge in [0, 0.05) is 43.0 Å². The summed E-state index contributed by atoms with van der Waals surface area (Å²) in [4.78, 5) is 24.2. The lowest BCUT2D eigenvalue weighted by Gasteiger charge is -2.16. The van der Waals surface area contributed by atoms with Gasteiger partial charge in [-0.05, 0) is 44.9 Å². The largest absolute Gasteiger partial charge is 0.357 e. The smallest absolute Gasteiger partial charge is 0.227 e. The maximum atomic E-state index is 11.9. The lowest BCUT2D eigenvalue weighted by Crippen LogP contribution is -2.38. The third kappa shape index (κ3) is 6.67. The van der Waals surface area contributed by atoms with Crippen molar-refractivity contribution in [2.45, 2.75) is 46.6 Å². The van der Waals surface area contributed by atoms with Gasteiger partial charge in [0.2, 0.25) is 5.91 Å². The van der Waals surface area contributed by atoms with Gasteiger partial charge in [0.25, 0.3) is 0 Å². The van der Waals surface area contributed by atoms with Gasteiger partial charge in [0.1, 0.15) is 0 Å². The zero-order valence-corrected chi connectivity index (χ0v) is 20.5. The number of anilines is 1. The molecule has 29 heavy (non-hydrogen) atoms. The van der Waals surface area contributed by atoms with E-state index in [-0.39, 0.29) is 29.9 Å². The van der Waals surface area contributed by atoms with E-state index in [1.54, 1.807) is 11.3 Å². The Hall–Kier alpha value is -1.68. The summed E-state index contributed by atoms with van der Waals surface area (Å²) in [6.45, 7) is 9.25. The number of carbonyl (C=O) groups is 1. The summed E-state index contributed by atoms with van der Waals surface area (Å²) in [7, 11) is 0. The number of carbonyl (C=O) groups excluding carboxylic acids is 1. The zero-order chi connectivity index (χ0) is 19.9. The number of aliphatic imine (C=N–C) groups is 1. The van der Waals surface area contributed by atoms with Crippen LogP contribution in [0.5, 0.6) is 0 Å². The highest BCUT2D eigenvalue weighted by molar-refractivity contribution is 14.0. The van der Waals surface area contributed by atoms with Crippen LogP contribution in [0, 0.1) is 13.8 Å². The van der Waals surface area contributed by atoms with Crippen LogP contribution in [-0.2, 0) is 17.8 Å². The van der Waals surface area contributed by atoms with Crippen molar-refractivity contribution in [2.24, 2.45) is 4.99 Å². The van der Waals surface area contributed by atoms with Gasteiger partial charge in [0.15, 0.2) is 5.96 Å². The molecular formula is C21H30IN5OS. The van der Waals surface area contributed by atoms with Crippen molar-refractivity contribution in [1.82, 2.24) is 15.6 Å². The van der Waals surface area contributed by atoms with Crippen molar-refractivity contribution in [3.8, 4) is 0 Å². The van der Waals surface area contributed by atoms with Crippen molar-refractivity contribution >= 4 is 52.9 Å². The Morgan fingerprint density at radius 3 is 2.59 bits per heavy atom. The summed E-state index contributed by atoms with van der Waals surface area (Å²) in [6.07, 6.45) is 2.55. The first-order valence-electron chi connectivity index (χ1n) is 9.91. The van der Waals surface area contributed by atoms with Gasteiger partial charge in [0.05, 0.1) is 17.2 Å². The molecule has 1 saturated heterocycles. The maximum Gasteiger partial charge on any atom is 0.227 e. The Labute approximate surface area is 194 Å². The Kier molecular flexibility index (Phi) is 9.35. The summed E-state index contributed by atoms with van der Waals surface area (Å²) in [5.41, 5.74) is 3.24. The highest BCUT2D eigenvalue weighted by Gasteiger charge is 2.21. The molecule has 0 saturated carbocycles. The Morgan fingerprint density at radius 2 is 2.00 bits per heavy atom. The molecule has 1 aliphatic rings. The molecule has 6 nitrogen and oxygen atoms in total. The van der Waals surface area contributed by atoms with E-state index >= 15 is 0 Å². The minimum Gasteiger partial charge on any atom is -0.357 e. The lowest BCUT2D eigenvalue weighted by molar-refractivity contribution is -0.117. The molecule has 1 aromatic carbocycles. The predicted octanol–water partition coefficient (Wildman–Crippen LogP) is 3.80. The van der Waals surface area contributed by atoms with Crippen LogP contribution in [0.15, 0.2) is 29.3 Å². The van der Waals surface area contributed by atoms with Crippen molar-refractivity contribution < 1.29 is 4.79 Å². The topological polar surface area (TPSA) is 69.6 Å². The molecule has 8 heteroatoms. The normalized spacial score (nSPS) is 14.1. The molecule has 0 bridgehead atoms. The minimum absolute atomic E-state index is 0. The van der Waals surface area contributed by atoms with Crippen LogP contribution in [0.3, 0.4) is 0 Å². The van der Waals surface area contributed by atoms with Gasteiger partial charge in [-0.25, -0.2) is 9.98 Å². The van der Waals surface area contributed by atoms with Gasteiger partial charge in [-0.15, -0.1) is 35.3 Å². The minimum atomic E-state index is 0. The van der Waals surface area contributed by atoms with Crippen LogP contribution in [0.4, 0.5) is 5.69 Å². The summed E-state index contributed by atoms with van der Waals surface area (Å²) < 4.78 is 0. The molecule has 1 fully saturated rings. The maximum absolute atomic E-state index is 11.9. The van der Waals surface area contributed by atoms with Gasteiger partial charge in [-0.3, -0.25) is 4.79 Å². The fraction of sp³-hybridized carbons (Fsp3) is 0.476. The Bertz CT molecular complexity index is 834. The van der Waals surface area contributed by atoms with E-state index in [0.717, 1.165) is 60.4 Å². The van der Waals surface area contributed by atoms with E-state index in [4.69, 9.17) is 0 Å². The highest BCUT2D eigenvalue weighted by Crippen LogP contribution is 2.21. The number of aromatic nitrogens is 1. The summed E-state index contributed by atoms with van der Waals surface area (Å²) in [5.74, 6) is 1.04. The first kappa shape index (κ1) is 23.6. The number of guanidine groups is 1. The third-order valence-electron chi connectivity index (χ3n) is 4.73. The molecule has 2 N–H and O–H groups in total. The molecule has 0 aliphatic carbocycles. The second-order valence-corrected chi connectivity index (χ2v) is 8.22. The molecule has 0 spiro atoms. The Balaban J connectivity index is 0.00000300. The predicted molar refractivity (Wildman–Crippen MR) is 132 cm³/mol. The molecule has 1 amide bonds. The van der Waals surface area contributed by atoms with Crippen LogP contribution in [0.2, 0.25) is 0 Å². The average molecular weight is 527 g/mol. The van der Waals surface area contributed by atoms with Gasteiger partial charge >= 0.3 is 0 Å². The van der Waals surface area contributed by atoms with Crippen LogP contribution >= 0.6 is 35.3 Å².